The molecule has 1 rings (SSSR count). The van der Waals surface area contributed by atoms with Crippen molar-refractivity contribution in [3.05, 3.63) is 0 Å². The lowest BCUT2D eigenvalue weighted by atomic mass is 10.1. The van der Waals surface area contributed by atoms with Gasteiger partial charge in [0.25, 0.3) is 0 Å². The van der Waals surface area contributed by atoms with Gasteiger partial charge in [0.05, 0.1) is 6.04 Å². The van der Waals surface area contributed by atoms with Crippen LogP contribution in [0.3, 0.4) is 0 Å². The van der Waals surface area contributed by atoms with E-state index in [1.54, 1.807) is 7.05 Å². The molecular formula is C13H27N3O2. The van der Waals surface area contributed by atoms with Crippen LogP contribution in [0, 0.1) is 0 Å². The van der Waals surface area contributed by atoms with Crippen LogP contribution in [-0.4, -0.2) is 42.4 Å². The van der Waals surface area contributed by atoms with Crippen molar-refractivity contribution in [2.24, 2.45) is 5.73 Å². The summed E-state index contributed by atoms with van der Waals surface area (Å²) in [6.45, 7) is 6.84. The Labute approximate surface area is 110 Å². The van der Waals surface area contributed by atoms with Crippen LogP contribution in [-0.2, 0) is 9.59 Å². The van der Waals surface area contributed by atoms with Crippen LogP contribution < -0.4 is 11.1 Å². The van der Waals surface area contributed by atoms with Crippen molar-refractivity contribution in [3.63, 3.8) is 0 Å². The van der Waals surface area contributed by atoms with E-state index in [4.69, 9.17) is 5.73 Å². The molecule has 2 amide bonds. The first-order valence-corrected chi connectivity index (χ1v) is 6.83. The SMILES string of the molecule is CC.CNC(=O)CC[C@H](N)C(=O)N1CCC[C@H]1C. The Hall–Kier alpha value is -1.10. The average Bonchev–Trinajstić information content (AvgIpc) is 2.83. The highest BCUT2D eigenvalue weighted by atomic mass is 16.2. The fraction of sp³-hybridized carbons (Fsp3) is 0.846. The van der Waals surface area contributed by atoms with Crippen LogP contribution in [0.2, 0.25) is 0 Å². The zero-order valence-corrected chi connectivity index (χ0v) is 12.0. The van der Waals surface area contributed by atoms with E-state index in [0.29, 0.717) is 18.9 Å². The number of nitrogens with zero attached hydrogens (tertiary/aromatic N) is 1. The smallest absolute Gasteiger partial charge is 0.239 e. The van der Waals surface area contributed by atoms with Crippen molar-refractivity contribution in [2.75, 3.05) is 13.6 Å². The normalized spacial score (nSPS) is 19.8. The lowest BCUT2D eigenvalue weighted by Gasteiger charge is -2.24. The van der Waals surface area contributed by atoms with Crippen molar-refractivity contribution in [1.82, 2.24) is 10.2 Å². The van der Waals surface area contributed by atoms with Crippen LogP contribution in [0.25, 0.3) is 0 Å². The molecule has 0 aromatic rings. The zero-order chi connectivity index (χ0) is 14.1. The number of carbonyl (C=O) groups is 2. The van der Waals surface area contributed by atoms with E-state index in [2.05, 4.69) is 5.32 Å². The average molecular weight is 257 g/mol. The summed E-state index contributed by atoms with van der Waals surface area (Å²) in [4.78, 5) is 24.8. The lowest BCUT2D eigenvalue weighted by Crippen LogP contribution is -2.45. The molecule has 1 saturated heterocycles. The molecule has 0 unspecified atom stereocenters. The minimum Gasteiger partial charge on any atom is -0.359 e. The second-order valence-corrected chi connectivity index (χ2v) is 4.34. The number of likely N-dealkylation sites (tertiary alicyclic amines) is 1. The molecule has 1 aliphatic rings. The molecule has 18 heavy (non-hydrogen) atoms. The van der Waals surface area contributed by atoms with E-state index in [1.807, 2.05) is 25.7 Å². The van der Waals surface area contributed by atoms with Gasteiger partial charge in [-0.3, -0.25) is 9.59 Å². The molecule has 1 aliphatic heterocycles. The Balaban J connectivity index is 0.00000137. The maximum atomic E-state index is 11.9. The number of nitrogens with two attached hydrogens (primary N) is 1. The summed E-state index contributed by atoms with van der Waals surface area (Å²) in [5.41, 5.74) is 5.79. The van der Waals surface area contributed by atoms with E-state index in [1.165, 1.54) is 0 Å². The summed E-state index contributed by atoms with van der Waals surface area (Å²) >= 11 is 0. The summed E-state index contributed by atoms with van der Waals surface area (Å²) in [5, 5.41) is 2.52. The largest absolute Gasteiger partial charge is 0.359 e. The van der Waals surface area contributed by atoms with Crippen molar-refractivity contribution in [2.45, 2.75) is 58.5 Å². The third-order valence-corrected chi connectivity index (χ3v) is 3.11. The topological polar surface area (TPSA) is 75.4 Å². The molecule has 1 heterocycles. The fourth-order valence-corrected chi connectivity index (χ4v) is 2.01. The Morgan fingerprint density at radius 3 is 2.50 bits per heavy atom. The molecule has 5 heteroatoms. The molecule has 0 aliphatic carbocycles. The van der Waals surface area contributed by atoms with E-state index < -0.39 is 6.04 Å². The molecule has 0 spiro atoms. The van der Waals surface area contributed by atoms with Crippen LogP contribution in [0.1, 0.15) is 46.5 Å². The molecule has 0 aromatic carbocycles. The van der Waals surface area contributed by atoms with Gasteiger partial charge in [0.2, 0.25) is 11.8 Å². The number of nitrogens with one attached hydrogen (secondary N) is 1. The molecule has 0 bridgehead atoms. The highest BCUT2D eigenvalue weighted by Gasteiger charge is 2.28. The Bertz CT molecular complexity index is 269. The highest BCUT2D eigenvalue weighted by molar-refractivity contribution is 5.83. The molecule has 3 N–H and O–H groups in total. The van der Waals surface area contributed by atoms with Crippen LogP contribution >= 0.6 is 0 Å². The van der Waals surface area contributed by atoms with E-state index >= 15 is 0 Å². The van der Waals surface area contributed by atoms with Gasteiger partial charge in [0.1, 0.15) is 0 Å². The molecule has 1 fully saturated rings. The molecule has 0 saturated carbocycles. The van der Waals surface area contributed by atoms with Gasteiger partial charge in [-0.25, -0.2) is 0 Å². The fourth-order valence-electron chi connectivity index (χ4n) is 2.01. The first-order chi connectivity index (χ1) is 8.56. The summed E-state index contributed by atoms with van der Waals surface area (Å²) in [5.74, 6) is -0.0911. The monoisotopic (exact) mass is 257 g/mol. The van der Waals surface area contributed by atoms with Gasteiger partial charge in [0.15, 0.2) is 0 Å². The quantitative estimate of drug-likeness (QED) is 0.785. The molecule has 0 aromatic heterocycles. The van der Waals surface area contributed by atoms with E-state index in [0.717, 1.165) is 19.4 Å². The molecule has 2 atom stereocenters. The van der Waals surface area contributed by atoms with Gasteiger partial charge in [-0.1, -0.05) is 13.8 Å². The Morgan fingerprint density at radius 2 is 2.06 bits per heavy atom. The number of amides is 2. The van der Waals surface area contributed by atoms with Crippen molar-refractivity contribution in [1.29, 1.82) is 0 Å². The predicted octanol–water partition coefficient (Wildman–Crippen LogP) is 0.877. The van der Waals surface area contributed by atoms with Crippen molar-refractivity contribution >= 4 is 11.8 Å². The van der Waals surface area contributed by atoms with Gasteiger partial charge in [0, 0.05) is 26.1 Å². The van der Waals surface area contributed by atoms with Gasteiger partial charge in [-0.2, -0.15) is 0 Å². The summed E-state index contributed by atoms with van der Waals surface area (Å²) in [6.07, 6.45) is 2.83. The summed E-state index contributed by atoms with van der Waals surface area (Å²) in [7, 11) is 1.58. The van der Waals surface area contributed by atoms with Crippen LogP contribution in [0.15, 0.2) is 0 Å². The summed E-state index contributed by atoms with van der Waals surface area (Å²) < 4.78 is 0. The highest BCUT2D eigenvalue weighted by Crippen LogP contribution is 2.17. The predicted molar refractivity (Wildman–Crippen MR) is 73.0 cm³/mol. The van der Waals surface area contributed by atoms with E-state index in [-0.39, 0.29) is 11.8 Å². The van der Waals surface area contributed by atoms with E-state index in [9.17, 15) is 9.59 Å². The molecule has 5 nitrogen and oxygen atoms in total. The van der Waals surface area contributed by atoms with Crippen LogP contribution in [0.4, 0.5) is 0 Å². The maximum absolute atomic E-state index is 11.9. The van der Waals surface area contributed by atoms with Gasteiger partial charge in [-0.05, 0) is 26.2 Å². The number of hydrogen-bond donors (Lipinski definition) is 2. The number of rotatable bonds is 4. The summed E-state index contributed by atoms with van der Waals surface area (Å²) in [6, 6.07) is -0.253. The second-order valence-electron chi connectivity index (χ2n) is 4.34. The number of carbonyl (C=O) groups excluding carboxylic acids is 2. The standard InChI is InChI=1S/C11H21N3O2.C2H6/c1-8-4-3-7-14(8)11(16)9(12)5-6-10(15)13-2;1-2/h8-9H,3-7,12H2,1-2H3,(H,13,15);1-2H3/t8-,9+;/m1./s1. The molecule has 0 radical (unpaired) electrons. The lowest BCUT2D eigenvalue weighted by molar-refractivity contribution is -0.133. The molecular weight excluding hydrogens is 230 g/mol. The van der Waals surface area contributed by atoms with Gasteiger partial charge >= 0.3 is 0 Å². The zero-order valence-electron chi connectivity index (χ0n) is 12.0. The number of hydrogen-bond acceptors (Lipinski definition) is 3. The third kappa shape index (κ3) is 5.04. The first-order valence-electron chi connectivity index (χ1n) is 6.83. The van der Waals surface area contributed by atoms with Crippen molar-refractivity contribution in [3.8, 4) is 0 Å². The first kappa shape index (κ1) is 16.9. The van der Waals surface area contributed by atoms with Gasteiger partial charge < -0.3 is 16.0 Å². The minimum absolute atomic E-state index is 0.0195. The Kier molecular flexibility index (Phi) is 8.37. The second kappa shape index (κ2) is 8.91. The maximum Gasteiger partial charge on any atom is 0.239 e. The third-order valence-electron chi connectivity index (χ3n) is 3.11. The minimum atomic E-state index is -0.544. The molecule has 106 valence electrons. The van der Waals surface area contributed by atoms with Crippen molar-refractivity contribution < 1.29 is 9.59 Å². The van der Waals surface area contributed by atoms with Crippen LogP contribution in [0.5, 0.6) is 0 Å². The van der Waals surface area contributed by atoms with Gasteiger partial charge in [-0.15, -0.1) is 0 Å². The Morgan fingerprint density at radius 1 is 1.44 bits per heavy atom.